The first-order valence-corrected chi connectivity index (χ1v) is 7.14. The summed E-state index contributed by atoms with van der Waals surface area (Å²) in [6.45, 7) is 1.94. The van der Waals surface area contributed by atoms with Gasteiger partial charge in [-0.1, -0.05) is 12.1 Å². The molecule has 0 fully saturated rings. The Hall–Kier alpha value is -2.58. The minimum Gasteiger partial charge on any atom is -0.495 e. The van der Waals surface area contributed by atoms with E-state index in [1.807, 2.05) is 30.5 Å². The van der Waals surface area contributed by atoms with Crippen LogP contribution in [0.3, 0.4) is 0 Å². The second-order valence-corrected chi connectivity index (χ2v) is 5.24. The Kier molecular flexibility index (Phi) is 4.75. The standard InChI is InChI=1S/C16H14N2O2S/c1-11-7-8-21-15(11)9-12(10-17)16(19)18-13-5-3-4-6-14(13)20-2/h3-9H,1-2H3,(H,18,19)/b12-9-. The number of nitrogens with one attached hydrogen (secondary N) is 1. The molecule has 5 heteroatoms. The first-order chi connectivity index (χ1) is 10.2. The second-order valence-electron chi connectivity index (χ2n) is 4.29. The number of hydrogen-bond donors (Lipinski definition) is 1. The summed E-state index contributed by atoms with van der Waals surface area (Å²) in [5, 5.41) is 13.8. The summed E-state index contributed by atoms with van der Waals surface area (Å²) in [7, 11) is 1.53. The highest BCUT2D eigenvalue weighted by Crippen LogP contribution is 2.24. The first-order valence-electron chi connectivity index (χ1n) is 6.26. The average molecular weight is 298 g/mol. The molecule has 0 aliphatic carbocycles. The van der Waals surface area contributed by atoms with Crippen LogP contribution in [-0.2, 0) is 4.79 Å². The molecule has 1 aromatic carbocycles. The van der Waals surface area contributed by atoms with Crippen LogP contribution in [-0.4, -0.2) is 13.0 Å². The largest absolute Gasteiger partial charge is 0.495 e. The quantitative estimate of drug-likeness (QED) is 0.693. The van der Waals surface area contributed by atoms with Crippen molar-refractivity contribution >= 4 is 29.0 Å². The van der Waals surface area contributed by atoms with Gasteiger partial charge in [0, 0.05) is 4.88 Å². The van der Waals surface area contributed by atoms with Gasteiger partial charge in [-0.15, -0.1) is 11.3 Å². The number of amides is 1. The Bertz CT molecular complexity index is 726. The van der Waals surface area contributed by atoms with Gasteiger partial charge in [0.1, 0.15) is 17.4 Å². The fourth-order valence-corrected chi connectivity index (χ4v) is 2.61. The van der Waals surface area contributed by atoms with Gasteiger partial charge in [0.05, 0.1) is 12.8 Å². The number of methoxy groups -OCH3 is 1. The second kappa shape index (κ2) is 6.73. The van der Waals surface area contributed by atoms with Crippen molar-refractivity contribution < 1.29 is 9.53 Å². The molecule has 4 nitrogen and oxygen atoms in total. The number of carbonyl (C=O) groups is 1. The highest BCUT2D eigenvalue weighted by Gasteiger charge is 2.12. The van der Waals surface area contributed by atoms with E-state index in [2.05, 4.69) is 5.32 Å². The zero-order valence-electron chi connectivity index (χ0n) is 11.7. The van der Waals surface area contributed by atoms with Gasteiger partial charge in [-0.25, -0.2) is 0 Å². The van der Waals surface area contributed by atoms with Crippen molar-refractivity contribution in [3.8, 4) is 11.8 Å². The summed E-state index contributed by atoms with van der Waals surface area (Å²) in [6, 6.07) is 11.0. The number of aryl methyl sites for hydroxylation is 1. The third-order valence-corrected chi connectivity index (χ3v) is 3.86. The number of anilines is 1. The van der Waals surface area contributed by atoms with E-state index in [4.69, 9.17) is 4.74 Å². The van der Waals surface area contributed by atoms with Crippen LogP contribution in [0.2, 0.25) is 0 Å². The molecule has 0 atom stereocenters. The van der Waals surface area contributed by atoms with E-state index in [9.17, 15) is 10.1 Å². The lowest BCUT2D eigenvalue weighted by atomic mass is 10.2. The molecular weight excluding hydrogens is 284 g/mol. The van der Waals surface area contributed by atoms with Crippen LogP contribution in [0.25, 0.3) is 6.08 Å². The topological polar surface area (TPSA) is 62.1 Å². The molecule has 0 saturated carbocycles. The molecule has 1 aromatic heterocycles. The Balaban J connectivity index is 2.24. The Morgan fingerprint density at radius 1 is 1.38 bits per heavy atom. The van der Waals surface area contributed by atoms with Gasteiger partial charge in [-0.2, -0.15) is 5.26 Å². The molecule has 0 bridgehead atoms. The lowest BCUT2D eigenvalue weighted by Gasteiger charge is -2.09. The van der Waals surface area contributed by atoms with Gasteiger partial charge in [-0.05, 0) is 42.1 Å². The third-order valence-electron chi connectivity index (χ3n) is 2.90. The van der Waals surface area contributed by atoms with Crippen molar-refractivity contribution in [2.45, 2.75) is 6.92 Å². The van der Waals surface area contributed by atoms with Crippen LogP contribution in [0.1, 0.15) is 10.4 Å². The average Bonchev–Trinajstić information content (AvgIpc) is 2.90. The number of carbonyl (C=O) groups excluding carboxylic acids is 1. The number of hydrogen-bond acceptors (Lipinski definition) is 4. The Morgan fingerprint density at radius 2 is 2.14 bits per heavy atom. The molecule has 1 heterocycles. The summed E-state index contributed by atoms with van der Waals surface area (Å²) >= 11 is 1.49. The van der Waals surface area contributed by atoms with Crippen LogP contribution in [0.15, 0.2) is 41.3 Å². The molecule has 1 N–H and O–H groups in total. The van der Waals surface area contributed by atoms with Gasteiger partial charge in [-0.3, -0.25) is 4.79 Å². The van der Waals surface area contributed by atoms with Crippen molar-refractivity contribution in [1.29, 1.82) is 5.26 Å². The van der Waals surface area contributed by atoms with Crippen molar-refractivity contribution in [3.05, 3.63) is 51.7 Å². The lowest BCUT2D eigenvalue weighted by Crippen LogP contribution is -2.14. The first kappa shape index (κ1) is 14.8. The molecule has 0 spiro atoms. The van der Waals surface area contributed by atoms with Crippen molar-refractivity contribution in [3.63, 3.8) is 0 Å². The van der Waals surface area contributed by atoms with E-state index >= 15 is 0 Å². The van der Waals surface area contributed by atoms with E-state index in [0.717, 1.165) is 10.4 Å². The van der Waals surface area contributed by atoms with Crippen LogP contribution in [0.4, 0.5) is 5.69 Å². The monoisotopic (exact) mass is 298 g/mol. The fraction of sp³-hybridized carbons (Fsp3) is 0.125. The minimum absolute atomic E-state index is 0.0615. The van der Waals surface area contributed by atoms with Crippen LogP contribution in [0, 0.1) is 18.3 Å². The summed E-state index contributed by atoms with van der Waals surface area (Å²) in [4.78, 5) is 13.1. The van der Waals surface area contributed by atoms with E-state index in [1.165, 1.54) is 18.4 Å². The summed E-state index contributed by atoms with van der Waals surface area (Å²) in [5.41, 5.74) is 1.64. The summed E-state index contributed by atoms with van der Waals surface area (Å²) in [5.74, 6) is 0.102. The number of nitrogens with zero attached hydrogens (tertiary/aromatic N) is 1. The van der Waals surface area contributed by atoms with Gasteiger partial charge in [0.25, 0.3) is 5.91 Å². The van der Waals surface area contributed by atoms with E-state index in [1.54, 1.807) is 24.3 Å². The molecular formula is C16H14N2O2S. The highest BCUT2D eigenvalue weighted by molar-refractivity contribution is 7.11. The Morgan fingerprint density at radius 3 is 2.76 bits per heavy atom. The predicted molar refractivity (Wildman–Crippen MR) is 84.3 cm³/mol. The van der Waals surface area contributed by atoms with Crippen LogP contribution in [0.5, 0.6) is 5.75 Å². The van der Waals surface area contributed by atoms with Gasteiger partial charge < -0.3 is 10.1 Å². The molecule has 21 heavy (non-hydrogen) atoms. The summed E-state index contributed by atoms with van der Waals surface area (Å²) < 4.78 is 5.17. The SMILES string of the molecule is COc1ccccc1NC(=O)/C(C#N)=C\c1sccc1C. The van der Waals surface area contributed by atoms with E-state index in [0.29, 0.717) is 11.4 Å². The van der Waals surface area contributed by atoms with Crippen LogP contribution >= 0.6 is 11.3 Å². The predicted octanol–water partition coefficient (Wildman–Crippen LogP) is 3.61. The smallest absolute Gasteiger partial charge is 0.266 e. The molecule has 106 valence electrons. The fourth-order valence-electron chi connectivity index (χ4n) is 1.75. The third kappa shape index (κ3) is 3.50. The van der Waals surface area contributed by atoms with Gasteiger partial charge in [0.15, 0.2) is 0 Å². The highest BCUT2D eigenvalue weighted by atomic mass is 32.1. The van der Waals surface area contributed by atoms with E-state index < -0.39 is 5.91 Å². The zero-order valence-corrected chi connectivity index (χ0v) is 12.5. The zero-order chi connectivity index (χ0) is 15.2. The number of thiophene rings is 1. The number of para-hydroxylation sites is 2. The molecule has 0 saturated heterocycles. The van der Waals surface area contributed by atoms with Crippen molar-refractivity contribution in [2.24, 2.45) is 0 Å². The number of rotatable bonds is 4. The maximum atomic E-state index is 12.2. The maximum absolute atomic E-state index is 12.2. The number of ether oxygens (including phenoxy) is 1. The lowest BCUT2D eigenvalue weighted by molar-refractivity contribution is -0.112. The summed E-state index contributed by atoms with van der Waals surface area (Å²) in [6.07, 6.45) is 1.60. The molecule has 2 rings (SSSR count). The molecule has 2 aromatic rings. The molecule has 1 amide bonds. The Labute approximate surface area is 127 Å². The van der Waals surface area contributed by atoms with Gasteiger partial charge in [0.2, 0.25) is 0 Å². The van der Waals surface area contributed by atoms with Crippen molar-refractivity contribution in [1.82, 2.24) is 0 Å². The van der Waals surface area contributed by atoms with E-state index in [-0.39, 0.29) is 5.57 Å². The number of nitriles is 1. The molecule has 0 aliphatic heterocycles. The molecule has 0 unspecified atom stereocenters. The maximum Gasteiger partial charge on any atom is 0.266 e. The van der Waals surface area contributed by atoms with Gasteiger partial charge >= 0.3 is 0 Å². The van der Waals surface area contributed by atoms with Crippen LogP contribution < -0.4 is 10.1 Å². The normalized spacial score (nSPS) is 10.8. The molecule has 0 aliphatic rings. The minimum atomic E-state index is -0.449. The molecule has 0 radical (unpaired) electrons. The van der Waals surface area contributed by atoms with Crippen molar-refractivity contribution in [2.75, 3.05) is 12.4 Å². The number of benzene rings is 1.